The second-order valence-corrected chi connectivity index (χ2v) is 45.1. The van der Waals surface area contributed by atoms with Gasteiger partial charge in [-0.15, -0.1) is 0 Å². The van der Waals surface area contributed by atoms with Crippen LogP contribution in [0, 0.1) is 5.21 Å². The Morgan fingerprint density at radius 2 is 0.758 bits per heavy atom. The molecule has 0 radical (unpaired) electrons. The SMILES string of the molecule is C=CP(=O)(c1ccccc1)c1ccccc1.CCCCCCCC/C=C\CCCCCCCC(=O)OCC(COP(=O)([O-])OCC[N+](C)(C)C)OC(=O)CCCCCCCCCCCCCCCCC.CCCCCCCCCCCC(CCC[N+](C)(C)[O-])NO.CCCCCCCCCCCC[N+](C)(C)CCCS(=O)(=O)[O-].O=P(O)(c1ccccc1)c1ccccc1. The first-order valence-electron chi connectivity index (χ1n) is 50.1. The fraction of sp³-hybridized carbons (Fsp3) is 0.712. The largest absolute Gasteiger partial charge is 0.756 e. The van der Waals surface area contributed by atoms with Gasteiger partial charge in [0.05, 0.1) is 85.7 Å². The molecule has 0 amide bonds. The van der Waals surface area contributed by atoms with Gasteiger partial charge < -0.3 is 61.5 Å². The third-order valence-electron chi connectivity index (χ3n) is 22.9. The third-order valence-corrected chi connectivity index (χ3v) is 29.3. The Hall–Kier alpha value is -4.50. The molecule has 0 aliphatic heterocycles. The van der Waals surface area contributed by atoms with Gasteiger partial charge in [-0.2, -0.15) is 0 Å². The maximum Gasteiger partial charge on any atom is 0.306 e. The molecule has 3 atom stereocenters. The predicted octanol–water partition coefficient (Wildman–Crippen LogP) is 25.5. The number of hydrogen-bond donors (Lipinski definition) is 3. The van der Waals surface area contributed by atoms with Crippen LogP contribution in [0.1, 0.15) is 368 Å². The fourth-order valence-electron chi connectivity index (χ4n) is 14.8. The van der Waals surface area contributed by atoms with Crippen molar-refractivity contribution < 1.29 is 83.4 Å². The number of carbonyl (C=O) groups excluding carboxylic acids is 2. The molecule has 24 heteroatoms. The highest BCUT2D eigenvalue weighted by molar-refractivity contribution is 7.85. The second-order valence-electron chi connectivity index (χ2n) is 37.2. The lowest BCUT2D eigenvalue weighted by molar-refractivity contribution is -0.890. The van der Waals surface area contributed by atoms with E-state index in [-0.39, 0.29) is 48.5 Å². The van der Waals surface area contributed by atoms with Gasteiger partial charge in [0, 0.05) is 52.3 Å². The van der Waals surface area contributed by atoms with E-state index in [0.29, 0.717) is 41.0 Å². The number of benzene rings is 4. The minimum atomic E-state index is -4.62. The molecule has 4 aromatic carbocycles. The number of rotatable bonds is 76. The van der Waals surface area contributed by atoms with Gasteiger partial charge in [0.25, 0.3) is 15.2 Å². The van der Waals surface area contributed by atoms with Gasteiger partial charge in [-0.3, -0.25) is 18.7 Å². The molecule has 738 valence electrons. The van der Waals surface area contributed by atoms with Gasteiger partial charge in [0.2, 0.25) is 0 Å². The summed E-state index contributed by atoms with van der Waals surface area (Å²) < 4.78 is 91.3. The van der Waals surface area contributed by atoms with E-state index in [4.69, 9.17) is 23.7 Å². The number of nitrogens with one attached hydrogen (secondary N) is 1. The topological polar surface area (TPSA) is 278 Å². The van der Waals surface area contributed by atoms with Crippen LogP contribution in [-0.2, 0) is 51.9 Å². The van der Waals surface area contributed by atoms with E-state index in [1.54, 1.807) is 68.4 Å². The average Bonchev–Trinajstić information content (AvgIpc) is 0.815. The molecular formula is C104H185N4O16P3S. The van der Waals surface area contributed by atoms with Crippen molar-refractivity contribution in [2.45, 2.75) is 380 Å². The molecule has 128 heavy (non-hydrogen) atoms. The van der Waals surface area contributed by atoms with Gasteiger partial charge in [-0.1, -0.05) is 394 Å². The maximum atomic E-state index is 12.9. The summed E-state index contributed by atoms with van der Waals surface area (Å²) in [4.78, 5) is 47.5. The lowest BCUT2D eigenvalue weighted by Crippen LogP contribution is -2.41. The minimum Gasteiger partial charge on any atom is -0.756 e. The molecule has 0 saturated heterocycles. The van der Waals surface area contributed by atoms with E-state index >= 15 is 0 Å². The van der Waals surface area contributed by atoms with Gasteiger partial charge in [-0.25, -0.2) is 13.9 Å². The molecule has 0 aliphatic rings. The minimum absolute atomic E-state index is 0.0289. The van der Waals surface area contributed by atoms with Crippen LogP contribution >= 0.6 is 22.3 Å². The van der Waals surface area contributed by atoms with Crippen molar-refractivity contribution >= 4 is 65.6 Å². The highest BCUT2D eigenvalue weighted by Crippen LogP contribution is 2.44. The van der Waals surface area contributed by atoms with E-state index in [9.17, 15) is 51.2 Å². The Morgan fingerprint density at radius 3 is 1.11 bits per heavy atom. The van der Waals surface area contributed by atoms with Crippen molar-refractivity contribution in [3.05, 3.63) is 151 Å². The van der Waals surface area contributed by atoms with Crippen LogP contribution < -0.4 is 31.6 Å². The van der Waals surface area contributed by atoms with Crippen molar-refractivity contribution in [1.82, 2.24) is 5.48 Å². The zero-order valence-corrected chi connectivity index (χ0v) is 86.0. The quantitative estimate of drug-likeness (QED) is 0.00704. The molecule has 0 bridgehead atoms. The van der Waals surface area contributed by atoms with Gasteiger partial charge in [0.1, 0.15) is 19.8 Å². The van der Waals surface area contributed by atoms with E-state index in [1.165, 1.54) is 244 Å². The molecule has 4 rings (SSSR count). The van der Waals surface area contributed by atoms with Crippen LogP contribution in [-0.4, -0.2) is 162 Å². The Bertz CT molecular complexity index is 3450. The van der Waals surface area contributed by atoms with Crippen LogP contribution in [0.5, 0.6) is 0 Å². The molecule has 20 nitrogen and oxygen atoms in total. The van der Waals surface area contributed by atoms with E-state index in [0.717, 1.165) is 98.8 Å². The molecule has 0 heterocycles. The summed E-state index contributed by atoms with van der Waals surface area (Å²) in [5.41, 5.74) is 2.40. The van der Waals surface area contributed by atoms with Crippen LogP contribution in [0.25, 0.3) is 0 Å². The molecule has 0 aliphatic carbocycles. The summed E-state index contributed by atoms with van der Waals surface area (Å²) in [6.07, 6.45) is 66.5. The van der Waals surface area contributed by atoms with Crippen LogP contribution in [0.2, 0.25) is 0 Å². The number of quaternary nitrogens is 3. The zero-order chi connectivity index (χ0) is 95.1. The number of likely N-dealkylation sites (N-methyl/N-ethyl adjacent to an activating group) is 1. The van der Waals surface area contributed by atoms with Crippen LogP contribution in [0.3, 0.4) is 0 Å². The number of unbranched alkanes of at least 4 members (excludes halogenated alkanes) is 42. The first-order chi connectivity index (χ1) is 61.2. The molecular weight excluding hydrogens is 1690 g/mol. The summed E-state index contributed by atoms with van der Waals surface area (Å²) in [5, 5.41) is 23.2. The second kappa shape index (κ2) is 79.8. The summed E-state index contributed by atoms with van der Waals surface area (Å²) in [5.74, 6) is 0.503. The summed E-state index contributed by atoms with van der Waals surface area (Å²) >= 11 is 0. The average molecular weight is 1870 g/mol. The van der Waals surface area contributed by atoms with E-state index in [1.807, 2.05) is 93.9 Å². The third kappa shape index (κ3) is 75.9. The summed E-state index contributed by atoms with van der Waals surface area (Å²) in [6.45, 7) is 14.9. The number of hydroxylamine groups is 4. The van der Waals surface area contributed by atoms with Crippen LogP contribution in [0.4, 0.5) is 0 Å². The lowest BCUT2D eigenvalue weighted by atomic mass is 10.0. The van der Waals surface area contributed by atoms with Crippen molar-refractivity contribution in [2.75, 3.05) is 101 Å². The standard InChI is InChI=1S/C44H86NO8P.C17H38N2O2.C17H37NO3S.C14H13OP.C12H11O2P/c1-6-8-10-12-14-16-18-20-22-24-26-28-30-32-34-36-43(46)50-40-42(41-52-54(48,49)51-39-38-45(3,4)5)53-44(47)37-35-33-31-29-27-25-23-21-19-17-15-13-11-9-7-2;1-4-5-6-7-8-9-10-11-12-14-17(18-20)15-13-16-19(2,3)21;1-4-5-6-7-8-9-10-11-12-13-15-18(2,3)16-14-17-22(19,20)21;1-2-16(15,13-9-5-3-6-10-13)14-11-7-4-8-12-14;13-15(14,11-7-3-1-4-8-11)12-9-5-2-6-10-12/h20,22,42H,6-19,21,23-41H2,1-5H3;17-18,20H,4-16H2,1-3H3;4-17H2,1-3H3;2-12H,1H2;1-10H,(H,13,14)/b22-20-;;;;. The normalized spacial score (nSPS) is 12.9. The smallest absolute Gasteiger partial charge is 0.306 e. The zero-order valence-electron chi connectivity index (χ0n) is 82.5. The first-order valence-corrected chi connectivity index (χ1v) is 56.6. The number of carbonyl (C=O) groups is 2. The Labute approximate surface area is 782 Å². The van der Waals surface area contributed by atoms with Crippen molar-refractivity contribution in [3.63, 3.8) is 0 Å². The molecule has 4 aromatic rings. The van der Waals surface area contributed by atoms with Gasteiger partial charge in [-0.05, 0) is 101 Å². The summed E-state index contributed by atoms with van der Waals surface area (Å²) in [6, 6.07) is 36.5. The van der Waals surface area contributed by atoms with E-state index < -0.39 is 51.1 Å². The van der Waals surface area contributed by atoms with Crippen molar-refractivity contribution in [2.24, 2.45) is 0 Å². The number of allylic oxidation sites excluding steroid dienone is 2. The Balaban J connectivity index is 0.00000177. The maximum absolute atomic E-state index is 12.9. The van der Waals surface area contributed by atoms with Crippen molar-refractivity contribution in [3.8, 4) is 0 Å². The molecule has 3 N–H and O–H groups in total. The van der Waals surface area contributed by atoms with Gasteiger partial charge in [0.15, 0.2) is 13.2 Å². The first kappa shape index (κ1) is 124. The molecule has 0 fully saturated rings. The number of phosphoric acid groups is 1. The number of hydrogen-bond acceptors (Lipinski definition) is 16. The molecule has 0 aromatic heterocycles. The predicted molar refractivity (Wildman–Crippen MR) is 537 cm³/mol. The number of esters is 2. The number of ether oxygens (including phenoxy) is 2. The molecule has 0 saturated carbocycles. The Morgan fingerprint density at radius 1 is 0.430 bits per heavy atom. The number of nitrogens with zero attached hydrogens (tertiary/aromatic N) is 3. The summed E-state index contributed by atoms with van der Waals surface area (Å²) in [7, 11) is -1.35. The van der Waals surface area contributed by atoms with E-state index in [2.05, 4.69) is 66.0 Å². The Kier molecular flexibility index (Phi) is 77.0. The highest BCUT2D eigenvalue weighted by atomic mass is 32.2. The van der Waals surface area contributed by atoms with Crippen molar-refractivity contribution in [1.29, 1.82) is 0 Å². The lowest BCUT2D eigenvalue weighted by Gasteiger charge is -2.34. The fourth-order valence-corrected chi connectivity index (χ4v) is 19.4. The molecule has 0 spiro atoms. The monoisotopic (exact) mass is 1870 g/mol. The van der Waals surface area contributed by atoms with Crippen LogP contribution in [0.15, 0.2) is 146 Å². The highest BCUT2D eigenvalue weighted by Gasteiger charge is 2.26. The number of phosphoric ester groups is 1. The van der Waals surface area contributed by atoms with Gasteiger partial charge >= 0.3 is 11.9 Å². The molecule has 3 unspecified atom stereocenters.